The third-order valence-corrected chi connectivity index (χ3v) is 5.08. The lowest BCUT2D eigenvalue weighted by molar-refractivity contribution is -0.115. The average Bonchev–Trinajstić information content (AvgIpc) is 2.82. The minimum Gasteiger partial charge on any atom is -0.302 e. The summed E-state index contributed by atoms with van der Waals surface area (Å²) in [7, 11) is 0. The first-order valence-electron chi connectivity index (χ1n) is 7.44. The fourth-order valence-corrected chi connectivity index (χ4v) is 3.93. The van der Waals surface area contributed by atoms with Crippen molar-refractivity contribution in [1.29, 1.82) is 0 Å². The van der Waals surface area contributed by atoms with E-state index in [1.54, 1.807) is 11.3 Å². The van der Waals surface area contributed by atoms with Gasteiger partial charge in [0.1, 0.15) is 0 Å². The Labute approximate surface area is 129 Å². The van der Waals surface area contributed by atoms with E-state index in [2.05, 4.69) is 17.2 Å². The van der Waals surface area contributed by atoms with Crippen molar-refractivity contribution >= 4 is 22.4 Å². The maximum absolute atomic E-state index is 12.2. The fraction of sp³-hybridized carbons (Fsp3) is 0.412. The van der Waals surface area contributed by atoms with Crippen molar-refractivity contribution in [3.63, 3.8) is 0 Å². The third kappa shape index (κ3) is 3.32. The SMILES string of the molecule is Cc1ccccc1CC(=O)Nc1nc2c(s1)CC(C)CC2. The van der Waals surface area contributed by atoms with E-state index in [4.69, 9.17) is 0 Å². The molecule has 0 spiro atoms. The van der Waals surface area contributed by atoms with Crippen LogP contribution in [0.2, 0.25) is 0 Å². The highest BCUT2D eigenvalue weighted by atomic mass is 32.1. The molecule has 0 radical (unpaired) electrons. The summed E-state index contributed by atoms with van der Waals surface area (Å²) in [5.41, 5.74) is 3.41. The largest absolute Gasteiger partial charge is 0.302 e. The van der Waals surface area contributed by atoms with Crippen molar-refractivity contribution in [1.82, 2.24) is 4.98 Å². The maximum Gasteiger partial charge on any atom is 0.230 e. The van der Waals surface area contributed by atoms with Crippen molar-refractivity contribution in [3.8, 4) is 0 Å². The molecule has 0 aliphatic heterocycles. The normalized spacial score (nSPS) is 17.3. The lowest BCUT2D eigenvalue weighted by atomic mass is 9.93. The number of fused-ring (bicyclic) bond motifs is 1. The molecule has 1 aromatic carbocycles. The van der Waals surface area contributed by atoms with Gasteiger partial charge in [-0.2, -0.15) is 0 Å². The molecule has 0 fully saturated rings. The van der Waals surface area contributed by atoms with Crippen LogP contribution < -0.4 is 5.32 Å². The zero-order chi connectivity index (χ0) is 14.8. The van der Waals surface area contributed by atoms with Gasteiger partial charge in [0.25, 0.3) is 0 Å². The lowest BCUT2D eigenvalue weighted by Crippen LogP contribution is -2.15. The second-order valence-electron chi connectivity index (χ2n) is 5.89. The Bertz CT molecular complexity index is 663. The highest BCUT2D eigenvalue weighted by Gasteiger charge is 2.20. The number of nitrogens with zero attached hydrogens (tertiary/aromatic N) is 1. The molecule has 0 bridgehead atoms. The Balaban J connectivity index is 1.67. The Morgan fingerprint density at radius 3 is 3.05 bits per heavy atom. The molecule has 2 aromatic rings. The highest BCUT2D eigenvalue weighted by molar-refractivity contribution is 7.15. The number of amides is 1. The zero-order valence-electron chi connectivity index (χ0n) is 12.5. The van der Waals surface area contributed by atoms with Gasteiger partial charge in [0.2, 0.25) is 5.91 Å². The number of carbonyl (C=O) groups excluding carboxylic acids is 1. The third-order valence-electron chi connectivity index (χ3n) is 4.04. The van der Waals surface area contributed by atoms with Crippen molar-refractivity contribution in [2.45, 2.75) is 39.5 Å². The van der Waals surface area contributed by atoms with Crippen molar-refractivity contribution < 1.29 is 4.79 Å². The van der Waals surface area contributed by atoms with Crippen LogP contribution in [0.4, 0.5) is 5.13 Å². The van der Waals surface area contributed by atoms with E-state index in [9.17, 15) is 4.79 Å². The van der Waals surface area contributed by atoms with Crippen LogP contribution in [0.3, 0.4) is 0 Å². The minimum absolute atomic E-state index is 0.0171. The average molecular weight is 300 g/mol. The van der Waals surface area contributed by atoms with Crippen LogP contribution in [0.1, 0.15) is 35.0 Å². The van der Waals surface area contributed by atoms with Gasteiger partial charge in [0, 0.05) is 4.88 Å². The molecule has 0 saturated heterocycles. The maximum atomic E-state index is 12.2. The summed E-state index contributed by atoms with van der Waals surface area (Å²) < 4.78 is 0. The number of aromatic nitrogens is 1. The fourth-order valence-electron chi connectivity index (χ4n) is 2.74. The van der Waals surface area contributed by atoms with Crippen LogP contribution in [-0.2, 0) is 24.1 Å². The van der Waals surface area contributed by atoms with Crippen LogP contribution in [0, 0.1) is 12.8 Å². The number of aryl methyl sites for hydroxylation is 2. The summed E-state index contributed by atoms with van der Waals surface area (Å²) in [6.07, 6.45) is 3.75. The number of benzene rings is 1. The number of thiazole rings is 1. The molecule has 1 unspecified atom stereocenters. The van der Waals surface area contributed by atoms with E-state index in [0.29, 0.717) is 6.42 Å². The Hall–Kier alpha value is -1.68. The number of rotatable bonds is 3. The molecule has 3 nitrogen and oxygen atoms in total. The molecular formula is C17H20N2OS. The molecule has 3 rings (SSSR count). The summed E-state index contributed by atoms with van der Waals surface area (Å²) in [4.78, 5) is 18.1. The van der Waals surface area contributed by atoms with Crippen LogP contribution in [-0.4, -0.2) is 10.9 Å². The molecule has 1 N–H and O–H groups in total. The zero-order valence-corrected chi connectivity index (χ0v) is 13.3. The number of hydrogen-bond acceptors (Lipinski definition) is 3. The summed E-state index contributed by atoms with van der Waals surface area (Å²) in [5.74, 6) is 0.747. The van der Waals surface area contributed by atoms with Gasteiger partial charge in [0.15, 0.2) is 5.13 Å². The first-order chi connectivity index (χ1) is 10.1. The summed E-state index contributed by atoms with van der Waals surface area (Å²) in [5, 5.41) is 3.72. The summed E-state index contributed by atoms with van der Waals surface area (Å²) in [6.45, 7) is 4.31. The standard InChI is InChI=1S/C17H20N2OS/c1-11-7-8-14-15(9-11)21-17(18-14)19-16(20)10-13-6-4-3-5-12(13)2/h3-6,11H,7-10H2,1-2H3,(H,18,19,20). The second-order valence-corrected chi connectivity index (χ2v) is 6.97. The van der Waals surface area contributed by atoms with Crippen LogP contribution in [0.25, 0.3) is 0 Å². The van der Waals surface area contributed by atoms with Crippen LogP contribution >= 0.6 is 11.3 Å². The molecule has 4 heteroatoms. The first kappa shape index (κ1) is 14.3. The van der Waals surface area contributed by atoms with E-state index in [0.717, 1.165) is 35.0 Å². The smallest absolute Gasteiger partial charge is 0.230 e. The van der Waals surface area contributed by atoms with Gasteiger partial charge in [0.05, 0.1) is 12.1 Å². The van der Waals surface area contributed by atoms with E-state index in [1.165, 1.54) is 17.0 Å². The van der Waals surface area contributed by atoms with Gasteiger partial charge < -0.3 is 5.32 Å². The van der Waals surface area contributed by atoms with E-state index < -0.39 is 0 Å². The van der Waals surface area contributed by atoms with Gasteiger partial charge in [-0.1, -0.05) is 31.2 Å². The summed E-state index contributed by atoms with van der Waals surface area (Å²) >= 11 is 1.64. The number of hydrogen-bond donors (Lipinski definition) is 1. The molecule has 1 amide bonds. The Kier molecular flexibility index (Phi) is 4.06. The predicted octanol–water partition coefficient (Wildman–Crippen LogP) is 3.76. The quantitative estimate of drug-likeness (QED) is 0.938. The van der Waals surface area contributed by atoms with E-state index in [-0.39, 0.29) is 5.91 Å². The second kappa shape index (κ2) is 5.98. The number of anilines is 1. The molecule has 0 saturated carbocycles. The number of nitrogens with one attached hydrogen (secondary N) is 1. The molecular weight excluding hydrogens is 280 g/mol. The topological polar surface area (TPSA) is 42.0 Å². The van der Waals surface area contributed by atoms with Gasteiger partial charge in [-0.05, 0) is 43.2 Å². The van der Waals surface area contributed by atoms with Crippen molar-refractivity contribution in [3.05, 3.63) is 46.0 Å². The van der Waals surface area contributed by atoms with Crippen LogP contribution in [0.15, 0.2) is 24.3 Å². The minimum atomic E-state index is 0.0171. The van der Waals surface area contributed by atoms with Gasteiger partial charge in [-0.15, -0.1) is 11.3 Å². The number of carbonyl (C=O) groups is 1. The molecule has 21 heavy (non-hydrogen) atoms. The molecule has 1 aromatic heterocycles. The highest BCUT2D eigenvalue weighted by Crippen LogP contribution is 2.32. The Morgan fingerprint density at radius 2 is 2.24 bits per heavy atom. The molecule has 110 valence electrons. The molecule has 1 atom stereocenters. The van der Waals surface area contributed by atoms with E-state index >= 15 is 0 Å². The predicted molar refractivity (Wildman–Crippen MR) is 86.8 cm³/mol. The van der Waals surface area contributed by atoms with Gasteiger partial charge in [-0.25, -0.2) is 4.98 Å². The van der Waals surface area contributed by atoms with Gasteiger partial charge >= 0.3 is 0 Å². The van der Waals surface area contributed by atoms with E-state index in [1.807, 2.05) is 31.2 Å². The van der Waals surface area contributed by atoms with Gasteiger partial charge in [-0.3, -0.25) is 4.79 Å². The van der Waals surface area contributed by atoms with Crippen molar-refractivity contribution in [2.75, 3.05) is 5.32 Å². The Morgan fingerprint density at radius 1 is 1.43 bits per heavy atom. The summed E-state index contributed by atoms with van der Waals surface area (Å²) in [6, 6.07) is 8.00. The monoisotopic (exact) mass is 300 g/mol. The van der Waals surface area contributed by atoms with Crippen LogP contribution in [0.5, 0.6) is 0 Å². The molecule has 1 aliphatic carbocycles. The lowest BCUT2D eigenvalue weighted by Gasteiger charge is -2.15. The van der Waals surface area contributed by atoms with Crippen molar-refractivity contribution in [2.24, 2.45) is 5.92 Å². The molecule has 1 heterocycles. The molecule has 1 aliphatic rings. The first-order valence-corrected chi connectivity index (χ1v) is 8.26.